The molecular formula is C23H28O5. The van der Waals surface area contributed by atoms with Gasteiger partial charge in [-0.05, 0) is 47.2 Å². The van der Waals surface area contributed by atoms with Crippen molar-refractivity contribution in [1.82, 2.24) is 0 Å². The number of aliphatic hydroxyl groups excluding tert-OH is 2. The van der Waals surface area contributed by atoms with E-state index in [1.54, 1.807) is 0 Å². The third-order valence-electron chi connectivity index (χ3n) is 5.57. The van der Waals surface area contributed by atoms with Crippen LogP contribution in [-0.4, -0.2) is 42.2 Å². The number of hydrogen-bond acceptors (Lipinski definition) is 5. The molecule has 0 amide bonds. The standard InChI is InChI=1S/C23H28O5/c1-2-16-4-5-17(22-13-19(25)12-20(14-24)28-22)11-18(16)9-15-3-6-21-23(10-15)27-8-7-26-21/h3-6,10-11,19-20,22,24-25H,2,7-9,12-14H2,1H3/t19-,20-,22+/m0/s1. The minimum absolute atomic E-state index is 0.0648. The molecule has 0 aromatic heterocycles. The van der Waals surface area contributed by atoms with Crippen molar-refractivity contribution in [3.05, 3.63) is 58.7 Å². The van der Waals surface area contributed by atoms with Crippen LogP contribution in [0.25, 0.3) is 0 Å². The third kappa shape index (κ3) is 4.17. The van der Waals surface area contributed by atoms with E-state index in [2.05, 4.69) is 37.3 Å². The van der Waals surface area contributed by atoms with E-state index in [1.165, 1.54) is 16.7 Å². The van der Waals surface area contributed by atoms with Crippen molar-refractivity contribution in [3.63, 3.8) is 0 Å². The van der Waals surface area contributed by atoms with Gasteiger partial charge in [-0.2, -0.15) is 0 Å². The van der Waals surface area contributed by atoms with Gasteiger partial charge in [0.25, 0.3) is 0 Å². The quantitative estimate of drug-likeness (QED) is 0.829. The zero-order valence-electron chi connectivity index (χ0n) is 16.3. The summed E-state index contributed by atoms with van der Waals surface area (Å²) in [5, 5.41) is 19.6. The van der Waals surface area contributed by atoms with Gasteiger partial charge in [-0.15, -0.1) is 0 Å². The summed E-state index contributed by atoms with van der Waals surface area (Å²) in [4.78, 5) is 0. The largest absolute Gasteiger partial charge is 0.486 e. The number of ether oxygens (including phenoxy) is 3. The number of fused-ring (bicyclic) bond motifs is 1. The normalized spacial score (nSPS) is 24.2. The van der Waals surface area contributed by atoms with E-state index in [1.807, 2.05) is 6.07 Å². The van der Waals surface area contributed by atoms with E-state index in [9.17, 15) is 10.2 Å². The Kier molecular flexibility index (Phi) is 5.85. The van der Waals surface area contributed by atoms with Gasteiger partial charge < -0.3 is 24.4 Å². The predicted octanol–water partition coefficient (Wildman–Crippen LogP) is 3.18. The first-order valence-corrected chi connectivity index (χ1v) is 10.1. The van der Waals surface area contributed by atoms with Gasteiger partial charge in [0.15, 0.2) is 11.5 Å². The van der Waals surface area contributed by atoms with Crippen molar-refractivity contribution in [2.24, 2.45) is 0 Å². The van der Waals surface area contributed by atoms with Gasteiger partial charge in [0.1, 0.15) is 13.2 Å². The van der Waals surface area contributed by atoms with E-state index in [0.29, 0.717) is 26.1 Å². The molecule has 0 aliphatic carbocycles. The Bertz CT molecular complexity index is 819. The molecule has 1 fully saturated rings. The summed E-state index contributed by atoms with van der Waals surface area (Å²) in [5.41, 5.74) is 4.78. The summed E-state index contributed by atoms with van der Waals surface area (Å²) in [7, 11) is 0. The highest BCUT2D eigenvalue weighted by Gasteiger charge is 2.29. The van der Waals surface area contributed by atoms with Crippen LogP contribution in [0.15, 0.2) is 36.4 Å². The SMILES string of the molecule is CCc1ccc([C@H]2C[C@@H](O)C[C@@H](CO)O2)cc1Cc1ccc2c(c1)OCCO2. The Morgan fingerprint density at radius 1 is 0.964 bits per heavy atom. The lowest BCUT2D eigenvalue weighted by atomic mass is 9.91. The van der Waals surface area contributed by atoms with Crippen molar-refractivity contribution in [3.8, 4) is 11.5 Å². The zero-order valence-corrected chi connectivity index (χ0v) is 16.3. The number of rotatable bonds is 5. The summed E-state index contributed by atoms with van der Waals surface area (Å²) in [6.45, 7) is 3.27. The summed E-state index contributed by atoms with van der Waals surface area (Å²) in [5.74, 6) is 1.61. The molecule has 2 aromatic carbocycles. The lowest BCUT2D eigenvalue weighted by Crippen LogP contribution is -2.33. The fraction of sp³-hybridized carbons (Fsp3) is 0.478. The van der Waals surface area contributed by atoms with Crippen LogP contribution in [0, 0.1) is 0 Å². The summed E-state index contributed by atoms with van der Waals surface area (Å²) >= 11 is 0. The summed E-state index contributed by atoms with van der Waals surface area (Å²) in [6, 6.07) is 12.5. The first kappa shape index (κ1) is 19.2. The van der Waals surface area contributed by atoms with Crippen molar-refractivity contribution in [2.45, 2.75) is 50.9 Å². The molecule has 0 unspecified atom stereocenters. The molecule has 150 valence electrons. The van der Waals surface area contributed by atoms with Gasteiger partial charge in [0, 0.05) is 12.8 Å². The van der Waals surface area contributed by atoms with Gasteiger partial charge >= 0.3 is 0 Å². The molecule has 1 saturated heterocycles. The van der Waals surface area contributed by atoms with E-state index >= 15 is 0 Å². The van der Waals surface area contributed by atoms with E-state index in [4.69, 9.17) is 14.2 Å². The van der Waals surface area contributed by atoms with Gasteiger partial charge in [0.2, 0.25) is 0 Å². The number of benzene rings is 2. The van der Waals surface area contributed by atoms with Crippen molar-refractivity contribution >= 4 is 0 Å². The second kappa shape index (κ2) is 8.52. The second-order valence-electron chi connectivity index (χ2n) is 7.59. The molecule has 0 bridgehead atoms. The highest BCUT2D eigenvalue weighted by atomic mass is 16.6. The smallest absolute Gasteiger partial charge is 0.161 e. The Balaban J connectivity index is 1.59. The number of aryl methyl sites for hydroxylation is 1. The second-order valence-corrected chi connectivity index (χ2v) is 7.59. The van der Waals surface area contributed by atoms with Crippen molar-refractivity contribution in [2.75, 3.05) is 19.8 Å². The van der Waals surface area contributed by atoms with Crippen LogP contribution < -0.4 is 9.47 Å². The lowest BCUT2D eigenvalue weighted by Gasteiger charge is -2.33. The maximum atomic E-state index is 10.1. The van der Waals surface area contributed by atoms with Crippen molar-refractivity contribution < 1.29 is 24.4 Å². The molecule has 0 spiro atoms. The molecule has 0 saturated carbocycles. The van der Waals surface area contributed by atoms with Crippen LogP contribution in [0.3, 0.4) is 0 Å². The molecule has 4 rings (SSSR count). The predicted molar refractivity (Wildman–Crippen MR) is 106 cm³/mol. The fourth-order valence-corrected chi connectivity index (χ4v) is 4.10. The average molecular weight is 384 g/mol. The molecule has 2 N–H and O–H groups in total. The molecule has 5 heteroatoms. The lowest BCUT2D eigenvalue weighted by molar-refractivity contribution is -0.113. The van der Waals surface area contributed by atoms with Gasteiger partial charge in [0.05, 0.1) is 24.9 Å². The van der Waals surface area contributed by atoms with Crippen LogP contribution in [0.1, 0.15) is 48.1 Å². The highest BCUT2D eigenvalue weighted by Crippen LogP contribution is 2.34. The molecule has 3 atom stereocenters. The third-order valence-corrected chi connectivity index (χ3v) is 5.57. The fourth-order valence-electron chi connectivity index (χ4n) is 4.10. The highest BCUT2D eigenvalue weighted by molar-refractivity contribution is 5.46. The van der Waals surface area contributed by atoms with Crippen LogP contribution in [0.4, 0.5) is 0 Å². The molecule has 2 aromatic rings. The Hall–Kier alpha value is -2.08. The molecule has 2 heterocycles. The van der Waals surface area contributed by atoms with Gasteiger partial charge in [-0.1, -0.05) is 31.2 Å². The topological polar surface area (TPSA) is 68.2 Å². The number of hydrogen-bond donors (Lipinski definition) is 2. The minimum atomic E-state index is -0.442. The van der Waals surface area contributed by atoms with Crippen LogP contribution in [0.5, 0.6) is 11.5 Å². The maximum absolute atomic E-state index is 10.1. The monoisotopic (exact) mass is 384 g/mol. The van der Waals surface area contributed by atoms with Crippen molar-refractivity contribution in [1.29, 1.82) is 0 Å². The number of aliphatic hydroxyl groups is 2. The zero-order chi connectivity index (χ0) is 19.5. The van der Waals surface area contributed by atoms with E-state index in [-0.39, 0.29) is 18.8 Å². The summed E-state index contributed by atoms with van der Waals surface area (Å²) < 4.78 is 17.3. The van der Waals surface area contributed by atoms with Crippen LogP contribution >= 0.6 is 0 Å². The van der Waals surface area contributed by atoms with E-state index < -0.39 is 6.10 Å². The minimum Gasteiger partial charge on any atom is -0.486 e. The molecule has 28 heavy (non-hydrogen) atoms. The molecule has 5 nitrogen and oxygen atoms in total. The first-order chi connectivity index (χ1) is 13.7. The van der Waals surface area contributed by atoms with Gasteiger partial charge in [-0.3, -0.25) is 0 Å². The molecule has 0 radical (unpaired) electrons. The Morgan fingerprint density at radius 2 is 1.79 bits per heavy atom. The van der Waals surface area contributed by atoms with E-state index in [0.717, 1.165) is 29.9 Å². The summed E-state index contributed by atoms with van der Waals surface area (Å²) in [6.07, 6.45) is 1.87. The Labute approximate surface area is 165 Å². The Morgan fingerprint density at radius 3 is 2.57 bits per heavy atom. The molecular weight excluding hydrogens is 356 g/mol. The molecule has 2 aliphatic heterocycles. The average Bonchev–Trinajstić information content (AvgIpc) is 2.73. The first-order valence-electron chi connectivity index (χ1n) is 10.1. The van der Waals surface area contributed by atoms with Gasteiger partial charge in [-0.25, -0.2) is 0 Å². The van der Waals surface area contributed by atoms with Crippen LogP contribution in [0.2, 0.25) is 0 Å². The van der Waals surface area contributed by atoms with Crippen LogP contribution in [-0.2, 0) is 17.6 Å². The maximum Gasteiger partial charge on any atom is 0.161 e. The molecule has 2 aliphatic rings.